The number of carbonyl (C=O) groups is 2. The molecule has 0 saturated carbocycles. The lowest BCUT2D eigenvalue weighted by molar-refractivity contribution is -0.120. The summed E-state index contributed by atoms with van der Waals surface area (Å²) >= 11 is 0. The van der Waals surface area contributed by atoms with Crippen molar-refractivity contribution in [2.75, 3.05) is 19.7 Å². The second-order valence-electron chi connectivity index (χ2n) is 4.51. The zero-order valence-corrected chi connectivity index (χ0v) is 10.5. The van der Waals surface area contributed by atoms with Gasteiger partial charge in [0.15, 0.2) is 0 Å². The monoisotopic (exact) mass is 263 g/mol. The van der Waals surface area contributed by atoms with Gasteiger partial charge in [-0.05, 0) is 18.1 Å². The van der Waals surface area contributed by atoms with Crippen molar-refractivity contribution in [3.8, 4) is 5.75 Å². The average Bonchev–Trinajstić information content (AvgIpc) is 2.42. The van der Waals surface area contributed by atoms with Crippen molar-refractivity contribution in [1.29, 1.82) is 0 Å². The Morgan fingerprint density at radius 3 is 2.89 bits per heavy atom. The highest BCUT2D eigenvalue weighted by Crippen LogP contribution is 2.26. The highest BCUT2D eigenvalue weighted by atomic mass is 16.5. The maximum Gasteiger partial charge on any atom is 0.312 e. The molecule has 4 N–H and O–H groups in total. The molecule has 6 nitrogen and oxygen atoms in total. The van der Waals surface area contributed by atoms with Gasteiger partial charge in [-0.1, -0.05) is 18.2 Å². The zero-order chi connectivity index (χ0) is 13.7. The van der Waals surface area contributed by atoms with Gasteiger partial charge in [0.2, 0.25) is 5.91 Å². The van der Waals surface area contributed by atoms with Crippen LogP contribution >= 0.6 is 0 Å². The normalized spacial score (nSPS) is 16.9. The second-order valence-corrected chi connectivity index (χ2v) is 4.51. The van der Waals surface area contributed by atoms with E-state index in [-0.39, 0.29) is 18.4 Å². The maximum absolute atomic E-state index is 11.4. The van der Waals surface area contributed by atoms with E-state index in [9.17, 15) is 9.59 Å². The van der Waals surface area contributed by atoms with Crippen LogP contribution in [0.15, 0.2) is 24.3 Å². The number of primary amides is 1. The molecule has 0 aliphatic carbocycles. The molecule has 1 aromatic carbocycles. The van der Waals surface area contributed by atoms with Crippen molar-refractivity contribution in [2.24, 2.45) is 11.7 Å². The number of amides is 3. The quantitative estimate of drug-likeness (QED) is 0.715. The van der Waals surface area contributed by atoms with Crippen molar-refractivity contribution in [3.63, 3.8) is 0 Å². The third kappa shape index (κ3) is 3.87. The Morgan fingerprint density at radius 2 is 2.11 bits per heavy atom. The van der Waals surface area contributed by atoms with Crippen LogP contribution in [0.25, 0.3) is 0 Å². The van der Waals surface area contributed by atoms with E-state index in [1.165, 1.54) is 0 Å². The molecular weight excluding hydrogens is 246 g/mol. The number of rotatable bonds is 4. The van der Waals surface area contributed by atoms with Gasteiger partial charge in [0.25, 0.3) is 0 Å². The fraction of sp³-hybridized carbons (Fsp3) is 0.385. The molecule has 1 heterocycles. The molecular formula is C13H17N3O3. The molecule has 6 heteroatoms. The molecule has 1 aliphatic heterocycles. The summed E-state index contributed by atoms with van der Waals surface area (Å²) in [5, 5.41) is 4.99. The summed E-state index contributed by atoms with van der Waals surface area (Å²) in [6.07, 6.45) is 0.875. The summed E-state index contributed by atoms with van der Waals surface area (Å²) in [6, 6.07) is 7.18. The molecule has 0 fully saturated rings. The molecule has 102 valence electrons. The Morgan fingerprint density at radius 1 is 1.32 bits per heavy atom. The van der Waals surface area contributed by atoms with Crippen LogP contribution in [-0.2, 0) is 11.2 Å². The van der Waals surface area contributed by atoms with Crippen LogP contribution < -0.4 is 21.1 Å². The van der Waals surface area contributed by atoms with E-state index in [2.05, 4.69) is 10.6 Å². The van der Waals surface area contributed by atoms with Crippen LogP contribution in [0.4, 0.5) is 4.79 Å². The van der Waals surface area contributed by atoms with Crippen LogP contribution in [0, 0.1) is 5.92 Å². The smallest absolute Gasteiger partial charge is 0.312 e. The molecule has 19 heavy (non-hydrogen) atoms. The molecule has 0 spiro atoms. The van der Waals surface area contributed by atoms with Gasteiger partial charge in [-0.3, -0.25) is 4.79 Å². The minimum Gasteiger partial charge on any atom is -0.493 e. The lowest BCUT2D eigenvalue weighted by Crippen LogP contribution is -2.42. The van der Waals surface area contributed by atoms with Gasteiger partial charge in [0.05, 0.1) is 13.2 Å². The van der Waals surface area contributed by atoms with E-state index in [1.807, 2.05) is 24.3 Å². The van der Waals surface area contributed by atoms with E-state index < -0.39 is 6.03 Å². The number of nitrogens with two attached hydrogens (primary N) is 1. The highest BCUT2D eigenvalue weighted by Gasteiger charge is 2.19. The third-order valence-corrected chi connectivity index (χ3v) is 2.97. The lowest BCUT2D eigenvalue weighted by Gasteiger charge is -2.25. The first-order valence-electron chi connectivity index (χ1n) is 6.16. The SMILES string of the molecule is NC(=O)NCC(=O)NC[C@H]1COc2ccccc2C1. The summed E-state index contributed by atoms with van der Waals surface area (Å²) in [5.74, 6) is 0.908. The number of fused-ring (bicyclic) bond motifs is 1. The number of nitrogens with one attached hydrogen (secondary N) is 2. The van der Waals surface area contributed by atoms with Crippen LogP contribution in [0.3, 0.4) is 0 Å². The minimum atomic E-state index is -0.704. The number of para-hydroxylation sites is 1. The number of hydrogen-bond acceptors (Lipinski definition) is 3. The lowest BCUT2D eigenvalue weighted by atomic mass is 9.97. The molecule has 3 amide bonds. The first-order valence-corrected chi connectivity index (χ1v) is 6.16. The predicted molar refractivity (Wildman–Crippen MR) is 69.7 cm³/mol. The number of urea groups is 1. The van der Waals surface area contributed by atoms with E-state index in [4.69, 9.17) is 10.5 Å². The molecule has 1 aromatic rings. The van der Waals surface area contributed by atoms with Gasteiger partial charge in [0, 0.05) is 12.5 Å². The fourth-order valence-corrected chi connectivity index (χ4v) is 2.01. The second kappa shape index (κ2) is 6.08. The Kier molecular flexibility index (Phi) is 4.22. The Balaban J connectivity index is 1.76. The van der Waals surface area contributed by atoms with Gasteiger partial charge in [0.1, 0.15) is 5.75 Å². The van der Waals surface area contributed by atoms with Crippen LogP contribution in [0.2, 0.25) is 0 Å². The molecule has 1 atom stereocenters. The van der Waals surface area contributed by atoms with Crippen LogP contribution in [0.1, 0.15) is 5.56 Å². The number of hydrogen-bond donors (Lipinski definition) is 3. The van der Waals surface area contributed by atoms with Crippen molar-refractivity contribution in [3.05, 3.63) is 29.8 Å². The zero-order valence-electron chi connectivity index (χ0n) is 10.5. The van der Waals surface area contributed by atoms with Gasteiger partial charge in [-0.2, -0.15) is 0 Å². The number of ether oxygens (including phenoxy) is 1. The average molecular weight is 263 g/mol. The summed E-state index contributed by atoms with van der Waals surface area (Å²) in [4.78, 5) is 21.9. The Hall–Kier alpha value is -2.24. The number of benzene rings is 1. The van der Waals surface area contributed by atoms with E-state index in [0.717, 1.165) is 17.7 Å². The molecule has 0 saturated heterocycles. The van der Waals surface area contributed by atoms with Crippen LogP contribution in [0.5, 0.6) is 5.75 Å². The molecule has 0 aromatic heterocycles. The summed E-state index contributed by atoms with van der Waals surface area (Å²) in [5.41, 5.74) is 6.04. The molecule has 0 bridgehead atoms. The molecule has 1 aliphatic rings. The van der Waals surface area contributed by atoms with Crippen LogP contribution in [-0.4, -0.2) is 31.6 Å². The fourth-order valence-electron chi connectivity index (χ4n) is 2.01. The molecule has 0 unspecified atom stereocenters. The Labute approximate surface area is 111 Å². The van der Waals surface area contributed by atoms with Crippen molar-refractivity contribution >= 4 is 11.9 Å². The summed E-state index contributed by atoms with van der Waals surface area (Å²) in [6.45, 7) is 1.01. The van der Waals surface area contributed by atoms with Crippen molar-refractivity contribution in [1.82, 2.24) is 10.6 Å². The standard InChI is InChI=1S/C13H17N3O3/c14-13(18)16-7-12(17)15-6-9-5-10-3-1-2-4-11(10)19-8-9/h1-4,9H,5-8H2,(H,15,17)(H3,14,16,18)/t9-/m0/s1. The highest BCUT2D eigenvalue weighted by molar-refractivity contribution is 5.83. The third-order valence-electron chi connectivity index (χ3n) is 2.97. The van der Waals surface area contributed by atoms with Gasteiger partial charge < -0.3 is 21.1 Å². The van der Waals surface area contributed by atoms with E-state index in [0.29, 0.717) is 13.2 Å². The largest absolute Gasteiger partial charge is 0.493 e. The van der Waals surface area contributed by atoms with Crippen molar-refractivity contribution in [2.45, 2.75) is 6.42 Å². The van der Waals surface area contributed by atoms with E-state index in [1.54, 1.807) is 0 Å². The van der Waals surface area contributed by atoms with E-state index >= 15 is 0 Å². The first-order chi connectivity index (χ1) is 9.15. The summed E-state index contributed by atoms with van der Waals surface area (Å²) in [7, 11) is 0. The maximum atomic E-state index is 11.4. The van der Waals surface area contributed by atoms with Gasteiger partial charge in [-0.25, -0.2) is 4.79 Å². The first kappa shape index (κ1) is 13.2. The molecule has 2 rings (SSSR count). The number of carbonyl (C=O) groups excluding carboxylic acids is 2. The van der Waals surface area contributed by atoms with Gasteiger partial charge >= 0.3 is 6.03 Å². The Bertz CT molecular complexity index is 476. The minimum absolute atomic E-state index is 0.0977. The van der Waals surface area contributed by atoms with Gasteiger partial charge in [-0.15, -0.1) is 0 Å². The summed E-state index contributed by atoms with van der Waals surface area (Å²) < 4.78 is 5.63. The molecule has 0 radical (unpaired) electrons. The topological polar surface area (TPSA) is 93.5 Å². The predicted octanol–water partition coefficient (Wildman–Crippen LogP) is 0.0222. The van der Waals surface area contributed by atoms with Crippen molar-refractivity contribution < 1.29 is 14.3 Å².